The molecule has 1 aliphatic heterocycles. The van der Waals surface area contributed by atoms with E-state index in [0.717, 1.165) is 10.2 Å². The standard InChI is InChI=1S/C13H10BrN3O2S/c1-9-16-20(18,19)12-3-2-8-15-13(12)17(9)11-6-4-10(14)5-7-11/h2-8H,1H3. The molecule has 0 amide bonds. The molecule has 0 unspecified atom stereocenters. The van der Waals surface area contributed by atoms with E-state index in [0.29, 0.717) is 11.7 Å². The summed E-state index contributed by atoms with van der Waals surface area (Å²) in [7, 11) is -3.67. The van der Waals surface area contributed by atoms with Crippen LogP contribution in [0.2, 0.25) is 0 Å². The number of amidine groups is 1. The molecule has 2 aromatic rings. The highest BCUT2D eigenvalue weighted by atomic mass is 79.9. The number of anilines is 2. The maximum Gasteiger partial charge on any atom is 0.287 e. The van der Waals surface area contributed by atoms with E-state index >= 15 is 0 Å². The van der Waals surface area contributed by atoms with Crippen molar-refractivity contribution >= 4 is 43.3 Å². The highest BCUT2D eigenvalue weighted by Crippen LogP contribution is 2.34. The SMILES string of the molecule is CC1=NS(=O)(=O)c2cccnc2N1c1ccc(Br)cc1. The largest absolute Gasteiger partial charge is 0.287 e. The molecule has 2 heterocycles. The van der Waals surface area contributed by atoms with Crippen molar-refractivity contribution in [3.8, 4) is 0 Å². The minimum Gasteiger partial charge on any atom is -0.281 e. The van der Waals surface area contributed by atoms with E-state index in [9.17, 15) is 8.42 Å². The third-order valence-electron chi connectivity index (χ3n) is 2.90. The van der Waals surface area contributed by atoms with E-state index in [1.54, 1.807) is 24.1 Å². The van der Waals surface area contributed by atoms with Crippen molar-refractivity contribution in [1.29, 1.82) is 0 Å². The average Bonchev–Trinajstić information content (AvgIpc) is 2.40. The van der Waals surface area contributed by atoms with Gasteiger partial charge in [0, 0.05) is 16.4 Å². The highest BCUT2D eigenvalue weighted by molar-refractivity contribution is 9.10. The molecule has 0 spiro atoms. The van der Waals surface area contributed by atoms with Gasteiger partial charge in [-0.1, -0.05) is 15.9 Å². The van der Waals surface area contributed by atoms with Crippen LogP contribution in [0.4, 0.5) is 11.5 Å². The lowest BCUT2D eigenvalue weighted by molar-refractivity contribution is 0.597. The van der Waals surface area contributed by atoms with E-state index < -0.39 is 10.0 Å². The van der Waals surface area contributed by atoms with Crippen molar-refractivity contribution < 1.29 is 8.42 Å². The number of hydrogen-bond donors (Lipinski definition) is 0. The molecule has 5 nitrogen and oxygen atoms in total. The Balaban J connectivity index is 2.24. The van der Waals surface area contributed by atoms with Crippen LogP contribution in [0, 0.1) is 0 Å². The molecule has 3 rings (SSSR count). The van der Waals surface area contributed by atoms with Crippen LogP contribution in [0.5, 0.6) is 0 Å². The molecular weight excluding hydrogens is 342 g/mol. The summed E-state index contributed by atoms with van der Waals surface area (Å²) < 4.78 is 28.9. The quantitative estimate of drug-likeness (QED) is 0.791. The molecule has 0 aliphatic carbocycles. The number of hydrogen-bond acceptors (Lipinski definition) is 4. The second-order valence-electron chi connectivity index (χ2n) is 4.25. The van der Waals surface area contributed by atoms with Gasteiger partial charge in [0.15, 0.2) is 5.82 Å². The summed E-state index contributed by atoms with van der Waals surface area (Å²) in [6, 6.07) is 10.6. The van der Waals surface area contributed by atoms with Gasteiger partial charge in [0.2, 0.25) is 0 Å². The predicted molar refractivity (Wildman–Crippen MR) is 80.8 cm³/mol. The summed E-state index contributed by atoms with van der Waals surface area (Å²) >= 11 is 3.37. The van der Waals surface area contributed by atoms with Crippen molar-refractivity contribution in [2.24, 2.45) is 4.40 Å². The molecule has 1 aromatic carbocycles. The number of aromatic nitrogens is 1. The first-order chi connectivity index (χ1) is 9.49. The molecule has 0 saturated carbocycles. The van der Waals surface area contributed by atoms with Crippen LogP contribution < -0.4 is 4.90 Å². The first-order valence-corrected chi connectivity index (χ1v) is 8.05. The first-order valence-electron chi connectivity index (χ1n) is 5.81. The molecule has 0 atom stereocenters. The summed E-state index contributed by atoms with van der Waals surface area (Å²) in [6.45, 7) is 1.65. The summed E-state index contributed by atoms with van der Waals surface area (Å²) in [5.41, 5.74) is 0.810. The van der Waals surface area contributed by atoms with Gasteiger partial charge in [-0.05, 0) is 43.3 Å². The van der Waals surface area contributed by atoms with Crippen molar-refractivity contribution in [2.75, 3.05) is 4.90 Å². The molecule has 7 heteroatoms. The average molecular weight is 352 g/mol. The number of benzene rings is 1. The molecular formula is C13H10BrN3O2S. The van der Waals surface area contributed by atoms with Gasteiger partial charge in [-0.2, -0.15) is 8.42 Å². The third-order valence-corrected chi connectivity index (χ3v) is 4.81. The summed E-state index contributed by atoms with van der Waals surface area (Å²) in [5.74, 6) is 0.751. The van der Waals surface area contributed by atoms with Gasteiger partial charge >= 0.3 is 0 Å². The van der Waals surface area contributed by atoms with Crippen LogP contribution in [-0.2, 0) is 10.0 Å². The molecule has 1 aliphatic rings. The van der Waals surface area contributed by atoms with Gasteiger partial charge in [-0.3, -0.25) is 4.90 Å². The Hall–Kier alpha value is -1.73. The number of fused-ring (bicyclic) bond motifs is 1. The molecule has 0 fully saturated rings. The maximum atomic E-state index is 12.1. The zero-order valence-electron chi connectivity index (χ0n) is 10.5. The van der Waals surface area contributed by atoms with E-state index in [4.69, 9.17) is 0 Å². The number of nitrogens with zero attached hydrogens (tertiary/aromatic N) is 3. The van der Waals surface area contributed by atoms with Crippen molar-refractivity contribution in [3.05, 3.63) is 47.1 Å². The fourth-order valence-electron chi connectivity index (χ4n) is 2.07. The third kappa shape index (κ3) is 2.12. The van der Waals surface area contributed by atoms with Crippen molar-refractivity contribution in [3.63, 3.8) is 0 Å². The summed E-state index contributed by atoms with van der Waals surface area (Å²) in [4.78, 5) is 6.04. The normalized spacial score (nSPS) is 16.5. The van der Waals surface area contributed by atoms with Crippen LogP contribution in [0.15, 0.2) is 56.4 Å². The fourth-order valence-corrected chi connectivity index (χ4v) is 3.49. The molecule has 102 valence electrons. The smallest absolute Gasteiger partial charge is 0.281 e. The minimum atomic E-state index is -3.67. The summed E-state index contributed by atoms with van der Waals surface area (Å²) in [6.07, 6.45) is 1.57. The number of pyridine rings is 1. The van der Waals surface area contributed by atoms with Crippen LogP contribution >= 0.6 is 15.9 Å². The Morgan fingerprint density at radius 1 is 1.15 bits per heavy atom. The lowest BCUT2D eigenvalue weighted by Gasteiger charge is -2.27. The van der Waals surface area contributed by atoms with E-state index in [1.807, 2.05) is 24.3 Å². The topological polar surface area (TPSA) is 62.6 Å². The number of rotatable bonds is 1. The van der Waals surface area contributed by atoms with Crippen LogP contribution in [-0.4, -0.2) is 19.2 Å². The lowest BCUT2D eigenvalue weighted by atomic mass is 10.2. The minimum absolute atomic E-state index is 0.119. The Labute approximate surface area is 125 Å². The fraction of sp³-hybridized carbons (Fsp3) is 0.0769. The lowest BCUT2D eigenvalue weighted by Crippen LogP contribution is -2.30. The molecule has 0 bridgehead atoms. The number of sulfonamides is 1. The zero-order chi connectivity index (χ0) is 14.3. The molecule has 1 aromatic heterocycles. The van der Waals surface area contributed by atoms with Gasteiger partial charge in [0.1, 0.15) is 10.7 Å². The Kier molecular flexibility index (Phi) is 3.10. The second-order valence-corrected chi connectivity index (χ2v) is 6.74. The van der Waals surface area contributed by atoms with Crippen LogP contribution in [0.25, 0.3) is 0 Å². The molecule has 0 saturated heterocycles. The zero-order valence-corrected chi connectivity index (χ0v) is 12.9. The van der Waals surface area contributed by atoms with Crippen LogP contribution in [0.3, 0.4) is 0 Å². The Morgan fingerprint density at radius 2 is 1.85 bits per heavy atom. The van der Waals surface area contributed by atoms with Crippen molar-refractivity contribution in [2.45, 2.75) is 11.8 Å². The predicted octanol–water partition coefficient (Wildman–Crippen LogP) is 3.10. The van der Waals surface area contributed by atoms with E-state index in [2.05, 4.69) is 25.3 Å². The molecule has 0 N–H and O–H groups in total. The van der Waals surface area contributed by atoms with E-state index in [1.165, 1.54) is 6.07 Å². The van der Waals surface area contributed by atoms with Crippen molar-refractivity contribution in [1.82, 2.24) is 4.98 Å². The second kappa shape index (κ2) is 4.68. The Morgan fingerprint density at radius 3 is 2.55 bits per heavy atom. The van der Waals surface area contributed by atoms with Gasteiger partial charge in [-0.15, -0.1) is 4.40 Å². The molecule has 20 heavy (non-hydrogen) atoms. The maximum absolute atomic E-state index is 12.1. The van der Waals surface area contributed by atoms with Gasteiger partial charge < -0.3 is 0 Å². The Bertz CT molecular complexity index is 801. The van der Waals surface area contributed by atoms with Gasteiger partial charge in [0.25, 0.3) is 10.0 Å². The monoisotopic (exact) mass is 351 g/mol. The number of halogens is 1. The van der Waals surface area contributed by atoms with Gasteiger partial charge in [0.05, 0.1) is 0 Å². The summed E-state index contributed by atoms with van der Waals surface area (Å²) in [5, 5.41) is 0. The van der Waals surface area contributed by atoms with Gasteiger partial charge in [-0.25, -0.2) is 4.98 Å². The molecule has 0 radical (unpaired) electrons. The van der Waals surface area contributed by atoms with Crippen LogP contribution in [0.1, 0.15) is 6.92 Å². The van der Waals surface area contributed by atoms with E-state index in [-0.39, 0.29) is 4.90 Å². The first kappa shape index (κ1) is 13.3. The highest BCUT2D eigenvalue weighted by Gasteiger charge is 2.30.